The predicted molar refractivity (Wildman–Crippen MR) is 112 cm³/mol. The molecule has 5 rings (SSSR count). The van der Waals surface area contributed by atoms with E-state index in [9.17, 15) is 9.59 Å². The van der Waals surface area contributed by atoms with E-state index in [1.807, 2.05) is 16.8 Å². The molecular weight excluding hydrogens is 384 g/mol. The summed E-state index contributed by atoms with van der Waals surface area (Å²) in [6, 6.07) is 5.23. The molecule has 30 heavy (non-hydrogen) atoms. The highest BCUT2D eigenvalue weighted by Crippen LogP contribution is 2.48. The number of nitrogens with one attached hydrogen (secondary N) is 1. The van der Waals surface area contributed by atoms with Crippen LogP contribution in [0.4, 0.5) is 11.5 Å². The molecule has 2 aliphatic rings. The molecule has 1 saturated carbocycles. The van der Waals surface area contributed by atoms with Crippen molar-refractivity contribution in [3.8, 4) is 5.75 Å². The quantitative estimate of drug-likeness (QED) is 0.693. The fourth-order valence-electron chi connectivity index (χ4n) is 4.45. The molecule has 156 valence electrons. The average Bonchev–Trinajstić information content (AvgIpc) is 3.36. The highest BCUT2D eigenvalue weighted by atomic mass is 16.5. The Morgan fingerprint density at radius 1 is 1.27 bits per heavy atom. The topological polar surface area (TPSA) is 93.8 Å². The maximum atomic E-state index is 12.7. The smallest absolute Gasteiger partial charge is 0.309 e. The molecular formula is C21H24N6O3. The largest absolute Gasteiger partial charge is 0.491 e. The standard InChI is InChI=1S/C21H24N6O3/c1-30-16-12-18(26-9-6-21(14-26)4-2-5-21)24-27(20(16)29)13-19(28)23-15-3-8-25-10-7-22-17(25)11-15/h3,7-8,10-12H,2,4-6,9,13-14H2,1H3,(H,23,28). The maximum absolute atomic E-state index is 12.7. The van der Waals surface area contributed by atoms with Crippen LogP contribution in [0.5, 0.6) is 5.75 Å². The molecule has 3 aromatic heterocycles. The number of anilines is 2. The van der Waals surface area contributed by atoms with Gasteiger partial charge in [0.1, 0.15) is 12.2 Å². The zero-order chi connectivity index (χ0) is 20.7. The van der Waals surface area contributed by atoms with E-state index in [1.165, 1.54) is 31.1 Å². The van der Waals surface area contributed by atoms with E-state index >= 15 is 0 Å². The van der Waals surface area contributed by atoms with Gasteiger partial charge in [-0.3, -0.25) is 9.59 Å². The Labute approximate surface area is 173 Å². The lowest BCUT2D eigenvalue weighted by atomic mass is 9.68. The van der Waals surface area contributed by atoms with E-state index in [0.29, 0.717) is 16.9 Å². The maximum Gasteiger partial charge on any atom is 0.309 e. The molecule has 1 spiro atoms. The molecule has 3 aromatic rings. The number of amides is 1. The van der Waals surface area contributed by atoms with Gasteiger partial charge in [0.2, 0.25) is 5.91 Å². The summed E-state index contributed by atoms with van der Waals surface area (Å²) in [4.78, 5) is 31.7. The molecule has 0 aromatic carbocycles. The number of carbonyl (C=O) groups excluding carboxylic acids is 1. The van der Waals surface area contributed by atoms with Gasteiger partial charge in [0.25, 0.3) is 0 Å². The first-order chi connectivity index (χ1) is 14.5. The Kier molecular flexibility index (Phi) is 4.45. The van der Waals surface area contributed by atoms with Gasteiger partial charge in [0.15, 0.2) is 11.6 Å². The number of methoxy groups -OCH3 is 1. The van der Waals surface area contributed by atoms with Crippen LogP contribution in [0.2, 0.25) is 0 Å². The fourth-order valence-corrected chi connectivity index (χ4v) is 4.45. The first-order valence-corrected chi connectivity index (χ1v) is 10.2. The summed E-state index contributed by atoms with van der Waals surface area (Å²) in [7, 11) is 1.46. The van der Waals surface area contributed by atoms with Crippen molar-refractivity contribution in [3.63, 3.8) is 0 Å². The van der Waals surface area contributed by atoms with Crippen molar-refractivity contribution in [1.82, 2.24) is 19.2 Å². The summed E-state index contributed by atoms with van der Waals surface area (Å²) in [6.45, 7) is 1.66. The third-order valence-electron chi connectivity index (χ3n) is 6.30. The summed E-state index contributed by atoms with van der Waals surface area (Å²) < 4.78 is 8.31. The van der Waals surface area contributed by atoms with E-state index in [4.69, 9.17) is 4.74 Å². The molecule has 1 N–H and O–H groups in total. The third kappa shape index (κ3) is 3.30. The first kappa shape index (κ1) is 18.7. The minimum absolute atomic E-state index is 0.193. The number of pyridine rings is 1. The van der Waals surface area contributed by atoms with E-state index in [-0.39, 0.29) is 18.2 Å². The number of fused-ring (bicyclic) bond motifs is 1. The fraction of sp³-hybridized carbons (Fsp3) is 0.429. The Bertz CT molecular complexity index is 1160. The highest BCUT2D eigenvalue weighted by Gasteiger charge is 2.43. The molecule has 0 unspecified atom stereocenters. The summed E-state index contributed by atoms with van der Waals surface area (Å²) in [5, 5.41) is 7.29. The summed E-state index contributed by atoms with van der Waals surface area (Å²) in [6.07, 6.45) is 10.3. The van der Waals surface area contributed by atoms with Gasteiger partial charge in [-0.05, 0) is 30.7 Å². The molecule has 2 fully saturated rings. The second-order valence-corrected chi connectivity index (χ2v) is 8.22. The zero-order valence-electron chi connectivity index (χ0n) is 16.9. The van der Waals surface area contributed by atoms with Crippen molar-refractivity contribution >= 4 is 23.1 Å². The average molecular weight is 408 g/mol. The van der Waals surface area contributed by atoms with E-state index in [1.54, 1.807) is 24.4 Å². The lowest BCUT2D eigenvalue weighted by Gasteiger charge is -2.38. The molecule has 1 aliphatic heterocycles. The lowest BCUT2D eigenvalue weighted by Crippen LogP contribution is -2.35. The SMILES string of the molecule is COc1cc(N2CCC3(CCC3)C2)nn(CC(=O)Nc2ccn3ccnc3c2)c1=O. The van der Waals surface area contributed by atoms with Crippen LogP contribution in [-0.2, 0) is 11.3 Å². The van der Waals surface area contributed by atoms with Crippen molar-refractivity contribution in [2.45, 2.75) is 32.2 Å². The second kappa shape index (κ2) is 7.16. The molecule has 0 bridgehead atoms. The number of ether oxygens (including phenoxy) is 1. The molecule has 1 amide bonds. The summed E-state index contributed by atoms with van der Waals surface area (Å²) in [5.74, 6) is 0.541. The Balaban J connectivity index is 1.36. The minimum Gasteiger partial charge on any atom is -0.491 e. The number of aromatic nitrogens is 4. The van der Waals surface area contributed by atoms with Crippen LogP contribution in [0.15, 0.2) is 41.6 Å². The molecule has 0 atom stereocenters. The summed E-state index contributed by atoms with van der Waals surface area (Å²) in [5.41, 5.74) is 1.32. The predicted octanol–water partition coefficient (Wildman–Crippen LogP) is 1.92. The number of rotatable bonds is 5. The number of nitrogens with zero attached hydrogens (tertiary/aromatic N) is 5. The molecule has 9 heteroatoms. The Hall–Kier alpha value is -3.36. The van der Waals surface area contributed by atoms with Gasteiger partial charge in [-0.1, -0.05) is 6.42 Å². The Morgan fingerprint density at radius 3 is 2.87 bits per heavy atom. The second-order valence-electron chi connectivity index (χ2n) is 8.22. The van der Waals surface area contributed by atoms with E-state index < -0.39 is 5.56 Å². The van der Waals surface area contributed by atoms with Crippen LogP contribution >= 0.6 is 0 Å². The van der Waals surface area contributed by atoms with Crippen LogP contribution in [-0.4, -0.2) is 45.3 Å². The molecule has 0 radical (unpaired) electrons. The third-order valence-corrected chi connectivity index (χ3v) is 6.30. The van der Waals surface area contributed by atoms with Crippen LogP contribution in [0.3, 0.4) is 0 Å². The van der Waals surface area contributed by atoms with Gasteiger partial charge in [-0.2, -0.15) is 5.10 Å². The molecule has 4 heterocycles. The van der Waals surface area contributed by atoms with Gasteiger partial charge in [0, 0.05) is 49.5 Å². The molecule has 1 aliphatic carbocycles. The van der Waals surface area contributed by atoms with Crippen molar-refractivity contribution < 1.29 is 9.53 Å². The van der Waals surface area contributed by atoms with Crippen molar-refractivity contribution in [2.24, 2.45) is 5.41 Å². The van der Waals surface area contributed by atoms with Gasteiger partial charge >= 0.3 is 5.56 Å². The van der Waals surface area contributed by atoms with Crippen LogP contribution in [0.25, 0.3) is 5.65 Å². The van der Waals surface area contributed by atoms with Crippen molar-refractivity contribution in [3.05, 3.63) is 47.1 Å². The number of imidazole rings is 1. The number of carbonyl (C=O) groups is 1. The van der Waals surface area contributed by atoms with Crippen LogP contribution in [0.1, 0.15) is 25.7 Å². The minimum atomic E-state index is -0.419. The van der Waals surface area contributed by atoms with Crippen molar-refractivity contribution in [2.75, 3.05) is 30.4 Å². The van der Waals surface area contributed by atoms with Gasteiger partial charge < -0.3 is 19.4 Å². The number of hydrogen-bond acceptors (Lipinski definition) is 6. The number of hydrogen-bond donors (Lipinski definition) is 1. The zero-order valence-corrected chi connectivity index (χ0v) is 16.9. The van der Waals surface area contributed by atoms with Gasteiger partial charge in [-0.15, -0.1) is 0 Å². The normalized spacial score (nSPS) is 17.3. The Morgan fingerprint density at radius 2 is 2.13 bits per heavy atom. The van der Waals surface area contributed by atoms with Crippen LogP contribution < -0.4 is 20.5 Å². The van der Waals surface area contributed by atoms with Gasteiger partial charge in [0.05, 0.1) is 7.11 Å². The van der Waals surface area contributed by atoms with E-state index in [0.717, 1.165) is 25.2 Å². The van der Waals surface area contributed by atoms with Crippen LogP contribution in [0, 0.1) is 5.41 Å². The van der Waals surface area contributed by atoms with Crippen molar-refractivity contribution in [1.29, 1.82) is 0 Å². The first-order valence-electron chi connectivity index (χ1n) is 10.2. The molecule has 1 saturated heterocycles. The summed E-state index contributed by atoms with van der Waals surface area (Å²) >= 11 is 0. The van der Waals surface area contributed by atoms with Gasteiger partial charge in [-0.25, -0.2) is 9.67 Å². The highest BCUT2D eigenvalue weighted by molar-refractivity contribution is 5.91. The lowest BCUT2D eigenvalue weighted by molar-refractivity contribution is -0.117. The van der Waals surface area contributed by atoms with E-state index in [2.05, 4.69) is 20.3 Å². The molecule has 9 nitrogen and oxygen atoms in total. The monoisotopic (exact) mass is 408 g/mol.